The monoisotopic (exact) mass is 316 g/mol. The number of ether oxygens (including phenoxy) is 2. The van der Waals surface area contributed by atoms with Crippen LogP contribution in [0.15, 0.2) is 35.7 Å². The Morgan fingerprint density at radius 2 is 2.27 bits per heavy atom. The van der Waals surface area contributed by atoms with Crippen molar-refractivity contribution in [3.8, 4) is 11.5 Å². The Kier molecular flexibility index (Phi) is 4.39. The van der Waals surface area contributed by atoms with Crippen molar-refractivity contribution in [2.75, 3.05) is 13.2 Å². The first-order valence-corrected chi connectivity index (χ1v) is 7.85. The minimum atomic E-state index is -0.186. The van der Waals surface area contributed by atoms with Crippen molar-refractivity contribution in [2.45, 2.75) is 13.0 Å². The molecule has 0 fully saturated rings. The number of benzene rings is 1. The predicted molar refractivity (Wildman–Crippen MR) is 85.2 cm³/mol. The van der Waals surface area contributed by atoms with Gasteiger partial charge in [0.05, 0.1) is 17.2 Å². The summed E-state index contributed by atoms with van der Waals surface area (Å²) in [6.07, 6.45) is 2.99. The Hall–Kier alpha value is -2.34. The number of amides is 1. The highest BCUT2D eigenvalue weighted by molar-refractivity contribution is 7.09. The van der Waals surface area contributed by atoms with E-state index in [0.717, 1.165) is 16.5 Å². The molecule has 5 nitrogen and oxygen atoms in total. The van der Waals surface area contributed by atoms with Gasteiger partial charge in [-0.1, -0.05) is 12.1 Å². The first kappa shape index (κ1) is 14.6. The summed E-state index contributed by atoms with van der Waals surface area (Å²) < 4.78 is 11.4. The fraction of sp³-hybridized carbons (Fsp3) is 0.250. The standard InChI is InChI=1S/C16H16N2O3S/c1-11-18-12(10-22-11)6-7-16(19)17-8-13-9-20-14-4-2-3-5-15(14)21-13/h2-7,10,13H,8-9H2,1H3,(H,17,19)/b7-6+/t13-/m0/s1. The molecule has 1 aliphatic rings. The third-order valence-electron chi connectivity index (χ3n) is 3.11. The quantitative estimate of drug-likeness (QED) is 0.880. The molecule has 0 bridgehead atoms. The molecule has 0 unspecified atom stereocenters. The van der Waals surface area contributed by atoms with Crippen LogP contribution in [0.5, 0.6) is 11.5 Å². The van der Waals surface area contributed by atoms with Crippen LogP contribution in [0, 0.1) is 6.92 Å². The molecule has 2 aromatic rings. The molecule has 114 valence electrons. The van der Waals surface area contributed by atoms with E-state index in [1.54, 1.807) is 17.4 Å². The van der Waals surface area contributed by atoms with Crippen LogP contribution in [0.2, 0.25) is 0 Å². The fourth-order valence-corrected chi connectivity index (χ4v) is 2.64. The SMILES string of the molecule is Cc1nc(/C=C/C(=O)NC[C@H]2COc3ccccc3O2)cs1. The van der Waals surface area contributed by atoms with E-state index in [0.29, 0.717) is 18.9 Å². The van der Waals surface area contributed by atoms with E-state index in [-0.39, 0.29) is 12.0 Å². The highest BCUT2D eigenvalue weighted by atomic mass is 32.1. The molecule has 0 radical (unpaired) electrons. The lowest BCUT2D eigenvalue weighted by molar-refractivity contribution is -0.116. The zero-order valence-corrected chi connectivity index (χ0v) is 12.9. The van der Waals surface area contributed by atoms with Crippen molar-refractivity contribution in [2.24, 2.45) is 0 Å². The summed E-state index contributed by atoms with van der Waals surface area (Å²) in [5.74, 6) is 1.28. The number of fused-ring (bicyclic) bond motifs is 1. The molecule has 1 aliphatic heterocycles. The number of hydrogen-bond acceptors (Lipinski definition) is 5. The van der Waals surface area contributed by atoms with Crippen LogP contribution in [0.4, 0.5) is 0 Å². The van der Waals surface area contributed by atoms with Crippen LogP contribution in [0.1, 0.15) is 10.7 Å². The van der Waals surface area contributed by atoms with Gasteiger partial charge in [-0.3, -0.25) is 4.79 Å². The minimum absolute atomic E-state index is 0.173. The second kappa shape index (κ2) is 6.62. The van der Waals surface area contributed by atoms with Gasteiger partial charge in [-0.25, -0.2) is 4.98 Å². The summed E-state index contributed by atoms with van der Waals surface area (Å²) in [5.41, 5.74) is 0.795. The summed E-state index contributed by atoms with van der Waals surface area (Å²) in [5, 5.41) is 5.69. The Morgan fingerprint density at radius 1 is 1.45 bits per heavy atom. The molecule has 1 N–H and O–H groups in total. The van der Waals surface area contributed by atoms with Gasteiger partial charge in [0.15, 0.2) is 11.5 Å². The van der Waals surface area contributed by atoms with Gasteiger partial charge >= 0.3 is 0 Å². The number of aryl methyl sites for hydroxylation is 1. The number of nitrogens with zero attached hydrogens (tertiary/aromatic N) is 1. The van der Waals surface area contributed by atoms with Gasteiger partial charge < -0.3 is 14.8 Å². The third kappa shape index (κ3) is 3.65. The smallest absolute Gasteiger partial charge is 0.244 e. The van der Waals surface area contributed by atoms with E-state index in [1.807, 2.05) is 36.6 Å². The van der Waals surface area contributed by atoms with Crippen molar-refractivity contribution >= 4 is 23.3 Å². The average Bonchev–Trinajstić information content (AvgIpc) is 2.96. The van der Waals surface area contributed by atoms with Crippen molar-refractivity contribution in [3.05, 3.63) is 46.4 Å². The van der Waals surface area contributed by atoms with Gasteiger partial charge in [0, 0.05) is 11.5 Å². The van der Waals surface area contributed by atoms with Crippen molar-refractivity contribution < 1.29 is 14.3 Å². The summed E-state index contributed by atoms with van der Waals surface area (Å²) in [6, 6.07) is 7.51. The maximum Gasteiger partial charge on any atom is 0.244 e. The van der Waals surface area contributed by atoms with Crippen molar-refractivity contribution in [1.82, 2.24) is 10.3 Å². The molecule has 1 amide bonds. The highest BCUT2D eigenvalue weighted by Crippen LogP contribution is 2.30. The number of rotatable bonds is 4. The van der Waals surface area contributed by atoms with Gasteiger partial charge in [-0.05, 0) is 25.1 Å². The van der Waals surface area contributed by atoms with Crippen LogP contribution in [-0.4, -0.2) is 30.1 Å². The Balaban J connectivity index is 1.49. The van der Waals surface area contributed by atoms with Crippen molar-refractivity contribution in [3.63, 3.8) is 0 Å². The fourth-order valence-electron chi connectivity index (χ4n) is 2.05. The molecule has 3 rings (SSSR count). The van der Waals surface area contributed by atoms with Gasteiger partial charge in [0.2, 0.25) is 5.91 Å². The highest BCUT2D eigenvalue weighted by Gasteiger charge is 2.20. The van der Waals surface area contributed by atoms with Crippen LogP contribution < -0.4 is 14.8 Å². The molecule has 1 aromatic heterocycles. The predicted octanol–water partition coefficient (Wildman–Crippen LogP) is 2.42. The molecular weight excluding hydrogens is 300 g/mol. The zero-order valence-electron chi connectivity index (χ0n) is 12.1. The normalized spacial score (nSPS) is 16.7. The number of hydrogen-bond donors (Lipinski definition) is 1. The van der Waals surface area contributed by atoms with E-state index in [9.17, 15) is 4.79 Å². The average molecular weight is 316 g/mol. The zero-order chi connectivity index (χ0) is 15.4. The van der Waals surface area contributed by atoms with E-state index >= 15 is 0 Å². The van der Waals surface area contributed by atoms with Gasteiger partial charge in [0.25, 0.3) is 0 Å². The summed E-state index contributed by atoms with van der Waals surface area (Å²) in [7, 11) is 0. The molecule has 1 aromatic carbocycles. The van der Waals surface area contributed by atoms with Gasteiger partial charge in [-0.15, -0.1) is 11.3 Å². The molecule has 22 heavy (non-hydrogen) atoms. The Bertz CT molecular complexity index is 696. The largest absolute Gasteiger partial charge is 0.486 e. The molecule has 0 saturated heterocycles. The molecular formula is C16H16N2O3S. The maximum absolute atomic E-state index is 11.8. The van der Waals surface area contributed by atoms with E-state index < -0.39 is 0 Å². The van der Waals surface area contributed by atoms with Gasteiger partial charge in [0.1, 0.15) is 12.7 Å². The Morgan fingerprint density at radius 3 is 3.05 bits per heavy atom. The Labute approximate surface area is 132 Å². The lowest BCUT2D eigenvalue weighted by Gasteiger charge is -2.26. The van der Waals surface area contributed by atoms with Gasteiger partial charge in [-0.2, -0.15) is 0 Å². The minimum Gasteiger partial charge on any atom is -0.486 e. The van der Waals surface area contributed by atoms with Crippen LogP contribution in [0.3, 0.4) is 0 Å². The topological polar surface area (TPSA) is 60.5 Å². The molecule has 0 aliphatic carbocycles. The molecule has 0 saturated carbocycles. The molecule has 6 heteroatoms. The number of aromatic nitrogens is 1. The van der Waals surface area contributed by atoms with E-state index in [2.05, 4.69) is 10.3 Å². The lowest BCUT2D eigenvalue weighted by atomic mass is 10.2. The summed E-state index contributed by atoms with van der Waals surface area (Å²) >= 11 is 1.56. The summed E-state index contributed by atoms with van der Waals surface area (Å²) in [6.45, 7) is 2.75. The third-order valence-corrected chi connectivity index (χ3v) is 3.91. The number of carbonyl (C=O) groups excluding carboxylic acids is 1. The lowest BCUT2D eigenvalue weighted by Crippen LogP contribution is -2.40. The second-order valence-electron chi connectivity index (χ2n) is 4.87. The number of thiazole rings is 1. The molecule has 0 spiro atoms. The second-order valence-corrected chi connectivity index (χ2v) is 5.93. The van der Waals surface area contributed by atoms with Crippen LogP contribution in [-0.2, 0) is 4.79 Å². The van der Waals surface area contributed by atoms with Crippen LogP contribution >= 0.6 is 11.3 Å². The van der Waals surface area contributed by atoms with Crippen LogP contribution in [0.25, 0.3) is 6.08 Å². The first-order valence-electron chi connectivity index (χ1n) is 6.97. The molecule has 2 heterocycles. The maximum atomic E-state index is 11.8. The van der Waals surface area contributed by atoms with Crippen molar-refractivity contribution in [1.29, 1.82) is 0 Å². The number of carbonyl (C=O) groups is 1. The number of para-hydroxylation sites is 2. The number of nitrogens with one attached hydrogen (secondary N) is 1. The van der Waals surface area contributed by atoms with E-state index in [4.69, 9.17) is 9.47 Å². The first-order chi connectivity index (χ1) is 10.7. The van der Waals surface area contributed by atoms with E-state index in [1.165, 1.54) is 6.08 Å². The molecule has 1 atom stereocenters. The summed E-state index contributed by atoms with van der Waals surface area (Å²) in [4.78, 5) is 16.1.